The molecule has 1 heterocycles. The average Bonchev–Trinajstić information content (AvgIpc) is 2.40. The van der Waals surface area contributed by atoms with Crippen LogP contribution in [0.4, 0.5) is 10.1 Å². The van der Waals surface area contributed by atoms with Gasteiger partial charge in [0.2, 0.25) is 0 Å². The second kappa shape index (κ2) is 5.78. The molecule has 0 atom stereocenters. The molecular weight excluding hydrogens is 265 g/mol. The van der Waals surface area contributed by atoms with E-state index in [0.717, 1.165) is 31.6 Å². The number of Topliss-reactive ketones (excluding diaryl/α,β-unsaturated/α-hetero) is 1. The van der Waals surface area contributed by atoms with Crippen LogP contribution in [0.2, 0.25) is 0 Å². The second-order valence-electron chi connectivity index (χ2n) is 7.30. The molecule has 1 aromatic rings. The quantitative estimate of drug-likeness (QED) is 0.742. The highest BCUT2D eigenvalue weighted by molar-refractivity contribution is 6.00. The van der Waals surface area contributed by atoms with Gasteiger partial charge in [-0.2, -0.15) is 0 Å². The summed E-state index contributed by atoms with van der Waals surface area (Å²) in [5.74, 6) is 0.339. The van der Waals surface area contributed by atoms with Crippen LogP contribution < -0.4 is 4.90 Å². The minimum atomic E-state index is -0.298. The summed E-state index contributed by atoms with van der Waals surface area (Å²) in [6, 6.07) is 3.21. The van der Waals surface area contributed by atoms with E-state index in [4.69, 9.17) is 0 Å². The fourth-order valence-corrected chi connectivity index (χ4v) is 3.20. The molecule has 0 unspecified atom stereocenters. The summed E-state index contributed by atoms with van der Waals surface area (Å²) in [5.41, 5.74) is 2.34. The van der Waals surface area contributed by atoms with Gasteiger partial charge in [0.05, 0.1) is 0 Å². The molecule has 0 saturated carbocycles. The zero-order valence-electron chi connectivity index (χ0n) is 13.8. The molecule has 2 nitrogen and oxygen atoms in total. The number of rotatable bonds is 2. The summed E-state index contributed by atoms with van der Waals surface area (Å²) in [6.45, 7) is 12.0. The van der Waals surface area contributed by atoms with E-state index in [1.165, 1.54) is 13.0 Å². The lowest BCUT2D eigenvalue weighted by Gasteiger charge is -2.40. The maximum Gasteiger partial charge on any atom is 0.161 e. The van der Waals surface area contributed by atoms with Crippen LogP contribution in [0.15, 0.2) is 12.1 Å². The lowest BCUT2D eigenvalue weighted by atomic mass is 9.75. The fourth-order valence-electron chi connectivity index (χ4n) is 3.20. The van der Waals surface area contributed by atoms with E-state index in [2.05, 4.69) is 25.7 Å². The summed E-state index contributed by atoms with van der Waals surface area (Å²) in [6.07, 6.45) is 2.24. The Morgan fingerprint density at radius 2 is 1.81 bits per heavy atom. The van der Waals surface area contributed by atoms with Crippen LogP contribution in [0.25, 0.3) is 0 Å². The van der Waals surface area contributed by atoms with Crippen LogP contribution in [0.1, 0.15) is 56.5 Å². The Morgan fingerprint density at radius 1 is 1.24 bits per heavy atom. The van der Waals surface area contributed by atoms with Crippen LogP contribution in [0.3, 0.4) is 0 Å². The third kappa shape index (κ3) is 3.45. The van der Waals surface area contributed by atoms with E-state index < -0.39 is 0 Å². The summed E-state index contributed by atoms with van der Waals surface area (Å²) < 4.78 is 13.7. The van der Waals surface area contributed by atoms with Gasteiger partial charge < -0.3 is 4.90 Å². The van der Waals surface area contributed by atoms with Crippen LogP contribution in [-0.2, 0) is 0 Å². The van der Waals surface area contributed by atoms with Crippen molar-refractivity contribution in [2.24, 2.45) is 11.3 Å². The van der Waals surface area contributed by atoms with Gasteiger partial charge in [-0.05, 0) is 55.7 Å². The number of halogens is 1. The van der Waals surface area contributed by atoms with Gasteiger partial charge in [0.15, 0.2) is 5.78 Å². The van der Waals surface area contributed by atoms with Crippen molar-refractivity contribution in [3.63, 3.8) is 0 Å². The van der Waals surface area contributed by atoms with E-state index in [0.29, 0.717) is 22.5 Å². The maximum atomic E-state index is 13.7. The monoisotopic (exact) mass is 291 g/mol. The predicted molar refractivity (Wildman–Crippen MR) is 85.5 cm³/mol. The Kier molecular flexibility index (Phi) is 4.40. The SMILES string of the molecule is CC(=O)c1cc(F)c(C)cc1N1CCC(C(C)(C)C)CC1. The van der Waals surface area contributed by atoms with Gasteiger partial charge in [0.25, 0.3) is 0 Å². The topological polar surface area (TPSA) is 20.3 Å². The van der Waals surface area contributed by atoms with Gasteiger partial charge in [-0.25, -0.2) is 4.39 Å². The Bertz CT molecular complexity index is 537. The Labute approximate surface area is 127 Å². The van der Waals surface area contributed by atoms with Crippen molar-refractivity contribution in [2.75, 3.05) is 18.0 Å². The molecule has 1 aromatic carbocycles. The van der Waals surface area contributed by atoms with Crippen molar-refractivity contribution in [3.8, 4) is 0 Å². The van der Waals surface area contributed by atoms with Crippen molar-refractivity contribution < 1.29 is 9.18 Å². The van der Waals surface area contributed by atoms with Gasteiger partial charge >= 0.3 is 0 Å². The number of aryl methyl sites for hydroxylation is 1. The molecule has 1 fully saturated rings. The van der Waals surface area contributed by atoms with Gasteiger partial charge in [0.1, 0.15) is 5.82 Å². The molecule has 0 N–H and O–H groups in total. The van der Waals surface area contributed by atoms with E-state index in [9.17, 15) is 9.18 Å². The molecule has 3 heteroatoms. The molecular formula is C18H26FNO. The summed E-state index contributed by atoms with van der Waals surface area (Å²) in [5, 5.41) is 0. The lowest BCUT2D eigenvalue weighted by Crippen LogP contribution is -2.38. The maximum absolute atomic E-state index is 13.7. The summed E-state index contributed by atoms with van der Waals surface area (Å²) >= 11 is 0. The Balaban J connectivity index is 2.24. The highest BCUT2D eigenvalue weighted by atomic mass is 19.1. The van der Waals surface area contributed by atoms with Crippen molar-refractivity contribution in [3.05, 3.63) is 29.1 Å². The van der Waals surface area contributed by atoms with E-state index >= 15 is 0 Å². The zero-order chi connectivity index (χ0) is 15.8. The highest BCUT2D eigenvalue weighted by Crippen LogP contribution is 2.36. The number of piperidine rings is 1. The van der Waals surface area contributed by atoms with E-state index in [-0.39, 0.29) is 11.6 Å². The van der Waals surface area contributed by atoms with Crippen LogP contribution >= 0.6 is 0 Å². The van der Waals surface area contributed by atoms with Gasteiger partial charge in [-0.15, -0.1) is 0 Å². The van der Waals surface area contributed by atoms with E-state index in [1.54, 1.807) is 6.92 Å². The zero-order valence-corrected chi connectivity index (χ0v) is 13.8. The number of carbonyl (C=O) groups is 1. The number of anilines is 1. The molecule has 0 aliphatic carbocycles. The highest BCUT2D eigenvalue weighted by Gasteiger charge is 2.30. The summed E-state index contributed by atoms with van der Waals surface area (Å²) in [7, 11) is 0. The number of nitrogens with zero attached hydrogens (tertiary/aromatic N) is 1. The number of ketones is 1. The fraction of sp³-hybridized carbons (Fsp3) is 0.611. The number of hydrogen-bond donors (Lipinski definition) is 0. The first-order valence-electron chi connectivity index (χ1n) is 7.76. The third-order valence-electron chi connectivity index (χ3n) is 4.72. The molecule has 1 aliphatic rings. The first-order chi connectivity index (χ1) is 9.70. The first-order valence-corrected chi connectivity index (χ1v) is 7.76. The molecule has 21 heavy (non-hydrogen) atoms. The van der Waals surface area contributed by atoms with Crippen LogP contribution in [0, 0.1) is 24.1 Å². The molecule has 0 bridgehead atoms. The van der Waals surface area contributed by atoms with Crippen LogP contribution in [-0.4, -0.2) is 18.9 Å². The van der Waals surface area contributed by atoms with Crippen LogP contribution in [0.5, 0.6) is 0 Å². The number of benzene rings is 1. The average molecular weight is 291 g/mol. The number of carbonyl (C=O) groups excluding carboxylic acids is 1. The molecule has 0 aromatic heterocycles. The van der Waals surface area contributed by atoms with Crippen molar-refractivity contribution >= 4 is 11.5 Å². The minimum absolute atomic E-state index is 0.0677. The minimum Gasteiger partial charge on any atom is -0.371 e. The van der Waals surface area contributed by atoms with Crippen molar-refractivity contribution in [2.45, 2.75) is 47.5 Å². The summed E-state index contributed by atoms with van der Waals surface area (Å²) in [4.78, 5) is 14.0. The van der Waals surface area contributed by atoms with E-state index in [1.807, 2.05) is 6.07 Å². The molecule has 1 saturated heterocycles. The largest absolute Gasteiger partial charge is 0.371 e. The molecule has 116 valence electrons. The van der Waals surface area contributed by atoms with Gasteiger partial charge in [-0.3, -0.25) is 4.79 Å². The van der Waals surface area contributed by atoms with Gasteiger partial charge in [0, 0.05) is 24.3 Å². The second-order valence-corrected chi connectivity index (χ2v) is 7.30. The Morgan fingerprint density at radius 3 is 2.29 bits per heavy atom. The van der Waals surface area contributed by atoms with Crippen molar-refractivity contribution in [1.82, 2.24) is 0 Å². The first kappa shape index (κ1) is 16.0. The third-order valence-corrected chi connectivity index (χ3v) is 4.72. The molecule has 0 spiro atoms. The number of hydrogen-bond acceptors (Lipinski definition) is 2. The smallest absolute Gasteiger partial charge is 0.161 e. The van der Waals surface area contributed by atoms with Crippen molar-refractivity contribution in [1.29, 1.82) is 0 Å². The Hall–Kier alpha value is -1.38. The molecule has 1 aliphatic heterocycles. The molecule has 2 rings (SSSR count). The predicted octanol–water partition coefficient (Wildman–Crippen LogP) is 4.60. The lowest BCUT2D eigenvalue weighted by molar-refractivity contribution is 0.101. The normalized spacial score (nSPS) is 17.1. The standard InChI is InChI=1S/C18H26FNO/c1-12-10-17(15(13(2)21)11-16(12)19)20-8-6-14(7-9-20)18(3,4)5/h10-11,14H,6-9H2,1-5H3. The molecule has 0 amide bonds. The molecule has 0 radical (unpaired) electrons. The van der Waals surface area contributed by atoms with Gasteiger partial charge in [-0.1, -0.05) is 20.8 Å².